The molecule has 6 heteroatoms. The van der Waals surface area contributed by atoms with Crippen LogP contribution in [0.2, 0.25) is 0 Å². The highest BCUT2D eigenvalue weighted by Crippen LogP contribution is 2.38. The van der Waals surface area contributed by atoms with Gasteiger partial charge >= 0.3 is 6.18 Å². The van der Waals surface area contributed by atoms with E-state index in [1.807, 2.05) is 0 Å². The molecular weight excluding hydrogens is 255 g/mol. The summed E-state index contributed by atoms with van der Waals surface area (Å²) in [7, 11) is 0. The summed E-state index contributed by atoms with van der Waals surface area (Å²) in [6, 6.07) is 3.04. The fourth-order valence-electron chi connectivity index (χ4n) is 2.19. The van der Waals surface area contributed by atoms with Crippen molar-refractivity contribution in [1.29, 1.82) is 0 Å². The second kappa shape index (κ2) is 5.38. The summed E-state index contributed by atoms with van der Waals surface area (Å²) in [4.78, 5) is 0. The van der Waals surface area contributed by atoms with Crippen molar-refractivity contribution in [1.82, 2.24) is 5.43 Å². The third-order valence-electron chi connectivity index (χ3n) is 3.55. The Bertz CT molecular complexity index is 441. The van der Waals surface area contributed by atoms with Crippen molar-refractivity contribution in [3.05, 3.63) is 29.3 Å². The number of rotatable bonds is 5. The number of hydrogen-bond donors (Lipinski definition) is 3. The highest BCUT2D eigenvalue weighted by Gasteiger charge is 2.32. The molecule has 1 unspecified atom stereocenters. The van der Waals surface area contributed by atoms with Crippen LogP contribution in [0.3, 0.4) is 0 Å². The fraction of sp³-hybridized carbons (Fsp3) is 0.538. The maximum atomic E-state index is 12.7. The lowest BCUT2D eigenvalue weighted by molar-refractivity contribution is -0.137. The van der Waals surface area contributed by atoms with Gasteiger partial charge in [0.1, 0.15) is 0 Å². The summed E-state index contributed by atoms with van der Waals surface area (Å²) in [5.74, 6) is 6.15. The number of nitrogen functional groups attached to an aromatic ring is 1. The largest absolute Gasteiger partial charge is 0.416 e. The number of nitrogens with one attached hydrogen (secondary N) is 1. The SMILES string of the molecule is NNC(CCC1CC1)c1cc(C(F)(F)F)ccc1N. The first-order valence-corrected chi connectivity index (χ1v) is 6.34. The lowest BCUT2D eigenvalue weighted by Crippen LogP contribution is -2.29. The summed E-state index contributed by atoms with van der Waals surface area (Å²) >= 11 is 0. The first kappa shape index (κ1) is 14.1. The normalized spacial score (nSPS) is 17.5. The van der Waals surface area contributed by atoms with Crippen LogP contribution in [0.15, 0.2) is 18.2 Å². The van der Waals surface area contributed by atoms with E-state index in [1.54, 1.807) is 0 Å². The molecule has 0 heterocycles. The first-order valence-electron chi connectivity index (χ1n) is 6.34. The summed E-state index contributed by atoms with van der Waals surface area (Å²) in [6.07, 6.45) is -0.292. The van der Waals surface area contributed by atoms with Crippen LogP contribution in [0.4, 0.5) is 18.9 Å². The molecule has 0 saturated heterocycles. The number of hydrazine groups is 1. The maximum absolute atomic E-state index is 12.7. The van der Waals surface area contributed by atoms with Crippen molar-refractivity contribution in [2.75, 3.05) is 5.73 Å². The lowest BCUT2D eigenvalue weighted by atomic mass is 9.97. The highest BCUT2D eigenvalue weighted by atomic mass is 19.4. The van der Waals surface area contributed by atoms with Crippen molar-refractivity contribution in [2.45, 2.75) is 37.9 Å². The van der Waals surface area contributed by atoms with E-state index in [0.29, 0.717) is 23.6 Å². The molecule has 1 atom stereocenters. The number of benzene rings is 1. The molecule has 0 radical (unpaired) electrons. The van der Waals surface area contributed by atoms with Gasteiger partial charge in [0.15, 0.2) is 0 Å². The monoisotopic (exact) mass is 273 g/mol. The van der Waals surface area contributed by atoms with Crippen LogP contribution in [0.5, 0.6) is 0 Å². The minimum Gasteiger partial charge on any atom is -0.398 e. The van der Waals surface area contributed by atoms with Gasteiger partial charge in [-0.25, -0.2) is 0 Å². The van der Waals surface area contributed by atoms with Gasteiger partial charge in [-0.15, -0.1) is 0 Å². The summed E-state index contributed by atoms with van der Waals surface area (Å²) < 4.78 is 38.1. The number of anilines is 1. The molecule has 0 aromatic heterocycles. The van der Waals surface area contributed by atoms with Gasteiger partial charge in [-0.2, -0.15) is 13.2 Å². The maximum Gasteiger partial charge on any atom is 0.416 e. The molecule has 2 rings (SSSR count). The van der Waals surface area contributed by atoms with Crippen molar-refractivity contribution < 1.29 is 13.2 Å². The van der Waals surface area contributed by atoms with E-state index < -0.39 is 11.7 Å². The molecule has 0 spiro atoms. The quantitative estimate of drug-likeness (QED) is 0.439. The van der Waals surface area contributed by atoms with Gasteiger partial charge in [-0.05, 0) is 42.5 Å². The minimum absolute atomic E-state index is 0.331. The van der Waals surface area contributed by atoms with Gasteiger partial charge in [0.25, 0.3) is 0 Å². The van der Waals surface area contributed by atoms with Crippen molar-refractivity contribution in [3.63, 3.8) is 0 Å². The van der Waals surface area contributed by atoms with E-state index in [1.165, 1.54) is 18.9 Å². The summed E-state index contributed by atoms with van der Waals surface area (Å²) in [5.41, 5.74) is 8.42. The Labute approximate surface area is 110 Å². The summed E-state index contributed by atoms with van der Waals surface area (Å²) in [6.45, 7) is 0. The zero-order valence-corrected chi connectivity index (χ0v) is 10.5. The van der Waals surface area contributed by atoms with Gasteiger partial charge in [-0.1, -0.05) is 12.8 Å². The third-order valence-corrected chi connectivity index (χ3v) is 3.55. The Hall–Kier alpha value is -1.27. The average molecular weight is 273 g/mol. The van der Waals surface area contributed by atoms with Crippen LogP contribution >= 0.6 is 0 Å². The van der Waals surface area contributed by atoms with E-state index in [0.717, 1.165) is 18.6 Å². The lowest BCUT2D eigenvalue weighted by Gasteiger charge is -2.19. The summed E-state index contributed by atoms with van der Waals surface area (Å²) in [5, 5.41) is 0. The van der Waals surface area contributed by atoms with Crippen molar-refractivity contribution >= 4 is 5.69 Å². The smallest absolute Gasteiger partial charge is 0.398 e. The Kier molecular flexibility index (Phi) is 4.01. The zero-order chi connectivity index (χ0) is 14.0. The zero-order valence-electron chi connectivity index (χ0n) is 10.5. The Morgan fingerprint density at radius 3 is 2.53 bits per heavy atom. The number of halogens is 3. The van der Waals surface area contributed by atoms with E-state index >= 15 is 0 Å². The molecule has 1 aliphatic carbocycles. The third kappa shape index (κ3) is 3.61. The average Bonchev–Trinajstić information content (AvgIpc) is 3.14. The second-order valence-electron chi connectivity index (χ2n) is 5.08. The Morgan fingerprint density at radius 1 is 1.32 bits per heavy atom. The van der Waals surface area contributed by atoms with E-state index in [2.05, 4.69) is 5.43 Å². The van der Waals surface area contributed by atoms with Crippen LogP contribution in [0.25, 0.3) is 0 Å². The molecule has 1 aromatic carbocycles. The van der Waals surface area contributed by atoms with E-state index in [9.17, 15) is 13.2 Å². The highest BCUT2D eigenvalue weighted by molar-refractivity contribution is 5.50. The Morgan fingerprint density at radius 2 is 2.00 bits per heavy atom. The first-order chi connectivity index (χ1) is 8.91. The van der Waals surface area contributed by atoms with E-state index in [4.69, 9.17) is 11.6 Å². The van der Waals surface area contributed by atoms with Gasteiger partial charge in [0.2, 0.25) is 0 Å². The minimum atomic E-state index is -4.36. The molecule has 0 amide bonds. The fourth-order valence-corrected chi connectivity index (χ4v) is 2.19. The van der Waals surface area contributed by atoms with Gasteiger partial charge in [-0.3, -0.25) is 11.3 Å². The molecule has 1 saturated carbocycles. The number of alkyl halides is 3. The number of nitrogens with two attached hydrogens (primary N) is 2. The molecule has 3 nitrogen and oxygen atoms in total. The molecule has 106 valence electrons. The molecule has 1 fully saturated rings. The van der Waals surface area contributed by atoms with Crippen LogP contribution in [0.1, 0.15) is 42.9 Å². The molecular formula is C13H18F3N3. The molecule has 0 aliphatic heterocycles. The van der Waals surface area contributed by atoms with Crippen LogP contribution in [-0.2, 0) is 6.18 Å². The predicted molar refractivity (Wildman–Crippen MR) is 67.9 cm³/mol. The second-order valence-corrected chi connectivity index (χ2v) is 5.08. The van der Waals surface area contributed by atoms with Crippen molar-refractivity contribution in [3.8, 4) is 0 Å². The van der Waals surface area contributed by atoms with Crippen LogP contribution < -0.4 is 17.0 Å². The molecule has 19 heavy (non-hydrogen) atoms. The molecule has 5 N–H and O–H groups in total. The standard InChI is InChI=1S/C13H18F3N3/c14-13(15,16)9-4-5-11(17)10(7-9)12(19-18)6-3-8-1-2-8/h4-5,7-8,12,19H,1-3,6,17-18H2. The predicted octanol–water partition coefficient (Wildman–Crippen LogP) is 2.98. The van der Waals surface area contributed by atoms with E-state index in [-0.39, 0.29) is 6.04 Å². The van der Waals surface area contributed by atoms with Crippen LogP contribution in [0, 0.1) is 5.92 Å². The van der Waals surface area contributed by atoms with Crippen molar-refractivity contribution in [2.24, 2.45) is 11.8 Å². The topological polar surface area (TPSA) is 64.1 Å². The Balaban J connectivity index is 2.19. The molecule has 1 aromatic rings. The van der Waals surface area contributed by atoms with Gasteiger partial charge < -0.3 is 5.73 Å². The number of hydrogen-bond acceptors (Lipinski definition) is 3. The molecule has 0 bridgehead atoms. The van der Waals surface area contributed by atoms with Gasteiger partial charge in [0.05, 0.1) is 5.56 Å². The molecule has 1 aliphatic rings. The van der Waals surface area contributed by atoms with Gasteiger partial charge in [0, 0.05) is 11.7 Å². The van der Waals surface area contributed by atoms with Crippen LogP contribution in [-0.4, -0.2) is 0 Å².